The van der Waals surface area contributed by atoms with Gasteiger partial charge in [0.2, 0.25) is 11.7 Å². The van der Waals surface area contributed by atoms with Crippen LogP contribution in [0.2, 0.25) is 0 Å². The van der Waals surface area contributed by atoms with Gasteiger partial charge in [-0.2, -0.15) is 0 Å². The summed E-state index contributed by atoms with van der Waals surface area (Å²) in [6.07, 6.45) is 4.55. The number of nitrogens with one attached hydrogen (secondary N) is 2. The summed E-state index contributed by atoms with van der Waals surface area (Å²) in [5.74, 6) is -2.94. The number of carbonyl (C=O) groups is 2. The topological polar surface area (TPSA) is 88.0 Å². The van der Waals surface area contributed by atoms with E-state index in [1.54, 1.807) is 6.92 Å². The molecule has 5 nitrogen and oxygen atoms in total. The van der Waals surface area contributed by atoms with Gasteiger partial charge in [-0.15, -0.1) is 0 Å². The van der Waals surface area contributed by atoms with Gasteiger partial charge in [-0.1, -0.05) is 24.8 Å². The second kappa shape index (κ2) is 7.19. The van der Waals surface area contributed by atoms with Gasteiger partial charge in [-0.25, -0.2) is 8.78 Å². The largest absolute Gasteiger partial charge is 0.383 e. The van der Waals surface area contributed by atoms with E-state index >= 15 is 0 Å². The molecule has 1 fully saturated rings. The molecule has 0 saturated heterocycles. The highest BCUT2D eigenvalue weighted by Gasteiger charge is 2.30. The molecular formula is C20H19F2N3O2. The fraction of sp³-hybridized carbons (Fsp3) is 0.200. The van der Waals surface area contributed by atoms with Crippen molar-refractivity contribution in [2.45, 2.75) is 19.8 Å². The molecule has 0 bridgehead atoms. The van der Waals surface area contributed by atoms with E-state index in [9.17, 15) is 18.4 Å². The third kappa shape index (κ3) is 3.53. The number of ketones is 1. The number of benzene rings is 1. The van der Waals surface area contributed by atoms with Crippen LogP contribution in [0.25, 0.3) is 11.9 Å². The molecule has 1 amide bonds. The van der Waals surface area contributed by atoms with Gasteiger partial charge in [0.15, 0.2) is 0 Å². The Morgan fingerprint density at radius 2 is 1.89 bits per heavy atom. The Bertz CT molecular complexity index is 1050. The third-order valence-electron chi connectivity index (χ3n) is 4.40. The zero-order chi connectivity index (χ0) is 19.7. The van der Waals surface area contributed by atoms with Crippen LogP contribution in [0.3, 0.4) is 0 Å². The SMILES string of the molecule is C=C/C=c1/c(C(=O)c2c(F)cccc2F)c(C)[nH]/c1=C(/N)NC(=O)C1CC1. The molecule has 1 aromatic carbocycles. The first kappa shape index (κ1) is 18.6. The van der Waals surface area contributed by atoms with Crippen molar-refractivity contribution in [1.29, 1.82) is 0 Å². The first-order valence-corrected chi connectivity index (χ1v) is 8.45. The van der Waals surface area contributed by atoms with Gasteiger partial charge in [-0.05, 0) is 31.9 Å². The smallest absolute Gasteiger partial charge is 0.228 e. The van der Waals surface area contributed by atoms with Gasteiger partial charge in [-0.3, -0.25) is 9.59 Å². The highest BCUT2D eigenvalue weighted by molar-refractivity contribution is 6.10. The van der Waals surface area contributed by atoms with Gasteiger partial charge in [0.1, 0.15) is 17.5 Å². The summed E-state index contributed by atoms with van der Waals surface area (Å²) in [5, 5.41) is 3.21. The number of allylic oxidation sites excluding steroid dienone is 1. The maximum atomic E-state index is 14.1. The van der Waals surface area contributed by atoms with Crippen LogP contribution in [0.1, 0.15) is 34.5 Å². The predicted molar refractivity (Wildman–Crippen MR) is 97.7 cm³/mol. The van der Waals surface area contributed by atoms with Gasteiger partial charge >= 0.3 is 0 Å². The fourth-order valence-corrected chi connectivity index (χ4v) is 2.92. The molecule has 1 aliphatic rings. The molecule has 1 heterocycles. The number of nitrogens with two attached hydrogens (primary N) is 1. The van der Waals surface area contributed by atoms with Crippen LogP contribution in [-0.2, 0) is 4.79 Å². The lowest BCUT2D eigenvalue weighted by Gasteiger charge is -2.04. The van der Waals surface area contributed by atoms with Crippen molar-refractivity contribution in [2.24, 2.45) is 11.7 Å². The van der Waals surface area contributed by atoms with Gasteiger partial charge in [0, 0.05) is 16.8 Å². The quantitative estimate of drug-likeness (QED) is 0.694. The number of aromatic nitrogens is 1. The van der Waals surface area contributed by atoms with Crippen LogP contribution in [0.15, 0.2) is 30.9 Å². The monoisotopic (exact) mass is 371 g/mol. The van der Waals surface area contributed by atoms with Crippen LogP contribution in [0, 0.1) is 24.5 Å². The fourth-order valence-electron chi connectivity index (χ4n) is 2.92. The number of rotatable bonds is 5. The molecule has 0 atom stereocenters. The standard InChI is InChI=1S/C20H19F2N3O2/c1-3-5-12-15(18(26)16-13(21)6-4-7-14(16)22)10(2)24-17(12)19(23)25-20(27)11-8-9-11/h3-7,11,24H,1,8-9,23H2,2H3,(H,25,27)/b12-5-,19-17-. The summed E-state index contributed by atoms with van der Waals surface area (Å²) in [4.78, 5) is 27.8. The lowest BCUT2D eigenvalue weighted by molar-refractivity contribution is -0.121. The number of carbonyl (C=O) groups excluding carboxylic acids is 2. The molecule has 0 radical (unpaired) electrons. The molecular weight excluding hydrogens is 352 g/mol. The van der Waals surface area contributed by atoms with Crippen LogP contribution >= 0.6 is 0 Å². The number of aromatic amines is 1. The minimum atomic E-state index is -0.953. The summed E-state index contributed by atoms with van der Waals surface area (Å²) < 4.78 is 28.2. The predicted octanol–water partition coefficient (Wildman–Crippen LogP) is 1.35. The van der Waals surface area contributed by atoms with Crippen molar-refractivity contribution in [2.75, 3.05) is 0 Å². The molecule has 1 aliphatic carbocycles. The second-order valence-electron chi connectivity index (χ2n) is 6.42. The molecule has 27 heavy (non-hydrogen) atoms. The minimum absolute atomic E-state index is 0.0381. The summed E-state index contributed by atoms with van der Waals surface area (Å²) in [6, 6.07) is 3.23. The van der Waals surface area contributed by atoms with E-state index in [1.807, 2.05) is 0 Å². The van der Waals surface area contributed by atoms with E-state index in [2.05, 4.69) is 16.9 Å². The molecule has 2 aromatic rings. The van der Waals surface area contributed by atoms with E-state index in [4.69, 9.17) is 5.73 Å². The summed E-state index contributed by atoms with van der Waals surface area (Å²) >= 11 is 0. The van der Waals surface area contributed by atoms with Gasteiger partial charge in [0.05, 0.1) is 16.5 Å². The van der Waals surface area contributed by atoms with E-state index < -0.39 is 23.0 Å². The number of H-pyrrole nitrogens is 1. The number of hydrogen-bond donors (Lipinski definition) is 3. The van der Waals surface area contributed by atoms with Crippen LogP contribution < -0.4 is 21.6 Å². The average molecular weight is 371 g/mol. The van der Waals surface area contributed by atoms with E-state index in [0.29, 0.717) is 16.3 Å². The lowest BCUT2D eigenvalue weighted by Crippen LogP contribution is -2.39. The molecule has 0 spiro atoms. The summed E-state index contributed by atoms with van der Waals surface area (Å²) in [7, 11) is 0. The van der Waals surface area contributed by atoms with Crippen LogP contribution in [0.5, 0.6) is 0 Å². The number of aryl methyl sites for hydroxylation is 1. The Kier molecular flexibility index (Phi) is 4.94. The van der Waals surface area contributed by atoms with E-state index in [0.717, 1.165) is 25.0 Å². The molecule has 3 rings (SSSR count). The third-order valence-corrected chi connectivity index (χ3v) is 4.40. The first-order chi connectivity index (χ1) is 12.8. The Balaban J connectivity index is 2.18. The normalized spacial score (nSPS) is 15.4. The highest BCUT2D eigenvalue weighted by Crippen LogP contribution is 2.28. The first-order valence-electron chi connectivity index (χ1n) is 8.45. The summed E-state index contributed by atoms with van der Waals surface area (Å²) in [5.41, 5.74) is 5.80. The molecule has 1 aromatic heterocycles. The molecule has 7 heteroatoms. The Morgan fingerprint density at radius 1 is 1.26 bits per heavy atom. The van der Waals surface area contributed by atoms with Crippen molar-refractivity contribution in [3.8, 4) is 0 Å². The van der Waals surface area contributed by atoms with Crippen molar-refractivity contribution in [3.05, 3.63) is 69.9 Å². The Labute approximate surface area is 154 Å². The minimum Gasteiger partial charge on any atom is -0.383 e. The van der Waals surface area contributed by atoms with Crippen molar-refractivity contribution >= 4 is 23.6 Å². The number of amides is 1. The highest BCUT2D eigenvalue weighted by atomic mass is 19.1. The lowest BCUT2D eigenvalue weighted by atomic mass is 10.0. The maximum absolute atomic E-state index is 14.1. The molecule has 140 valence electrons. The zero-order valence-electron chi connectivity index (χ0n) is 14.7. The molecule has 0 unspecified atom stereocenters. The Hall–Kier alpha value is -3.22. The maximum Gasteiger partial charge on any atom is 0.228 e. The Morgan fingerprint density at radius 3 is 2.44 bits per heavy atom. The average Bonchev–Trinajstić information content (AvgIpc) is 3.39. The van der Waals surface area contributed by atoms with E-state index in [1.165, 1.54) is 18.2 Å². The molecule has 4 N–H and O–H groups in total. The van der Waals surface area contributed by atoms with Crippen molar-refractivity contribution in [1.82, 2.24) is 10.3 Å². The van der Waals surface area contributed by atoms with E-state index in [-0.39, 0.29) is 23.2 Å². The molecule has 1 saturated carbocycles. The number of hydrogen-bond acceptors (Lipinski definition) is 3. The number of halogens is 2. The van der Waals surface area contributed by atoms with Crippen molar-refractivity contribution in [3.63, 3.8) is 0 Å². The van der Waals surface area contributed by atoms with Gasteiger partial charge < -0.3 is 16.0 Å². The van der Waals surface area contributed by atoms with Gasteiger partial charge in [0.25, 0.3) is 0 Å². The van der Waals surface area contributed by atoms with Crippen molar-refractivity contribution < 1.29 is 18.4 Å². The second-order valence-corrected chi connectivity index (χ2v) is 6.42. The van der Waals surface area contributed by atoms with Crippen LogP contribution in [-0.4, -0.2) is 16.7 Å². The molecule has 0 aliphatic heterocycles. The van der Waals surface area contributed by atoms with Crippen LogP contribution in [0.4, 0.5) is 8.78 Å². The summed E-state index contributed by atoms with van der Waals surface area (Å²) in [6.45, 7) is 5.20. The zero-order valence-corrected chi connectivity index (χ0v) is 14.7.